The lowest BCUT2D eigenvalue weighted by molar-refractivity contribution is 0.102. The summed E-state index contributed by atoms with van der Waals surface area (Å²) < 4.78 is 2.33. The van der Waals surface area contributed by atoms with Crippen molar-refractivity contribution in [1.82, 2.24) is 0 Å². The van der Waals surface area contributed by atoms with Crippen LogP contribution in [0.15, 0.2) is 77.7 Å². The summed E-state index contributed by atoms with van der Waals surface area (Å²) >= 11 is 7.68. The molecule has 1 aliphatic rings. The van der Waals surface area contributed by atoms with Gasteiger partial charge < -0.3 is 9.62 Å². The number of benzene rings is 3. The van der Waals surface area contributed by atoms with E-state index in [1.807, 2.05) is 36.4 Å². The molecule has 4 rings (SSSR count). The van der Waals surface area contributed by atoms with Crippen LogP contribution in [0.3, 0.4) is 0 Å². The number of anilines is 2. The molecule has 0 aromatic heterocycles. The predicted molar refractivity (Wildman–Crippen MR) is 114 cm³/mol. The number of nitrogens with zero attached hydrogens (tertiary/aromatic N) is 1. The lowest BCUT2D eigenvalue weighted by Gasteiger charge is -2.29. The van der Waals surface area contributed by atoms with Gasteiger partial charge in [0.1, 0.15) is 0 Å². The number of para-hydroxylation sites is 1. The minimum absolute atomic E-state index is 0.142. The zero-order valence-electron chi connectivity index (χ0n) is 14.7. The molecular weight excluding hydrogens is 376 g/mol. The molecule has 136 valence electrons. The quantitative estimate of drug-likeness (QED) is 0.546. The first-order chi connectivity index (χ1) is 13.2. The topological polar surface area (TPSA) is 32.3 Å². The molecule has 1 heterocycles. The fourth-order valence-corrected chi connectivity index (χ4v) is 4.36. The molecule has 3 aromatic rings. The van der Waals surface area contributed by atoms with E-state index in [2.05, 4.69) is 33.9 Å². The molecule has 0 aliphatic carbocycles. The number of hydrogen-bond donors (Lipinski definition) is 1. The van der Waals surface area contributed by atoms with Gasteiger partial charge in [-0.05, 0) is 78.9 Å². The summed E-state index contributed by atoms with van der Waals surface area (Å²) in [6, 6.07) is 23.4. The van der Waals surface area contributed by atoms with Crippen molar-refractivity contribution in [2.75, 3.05) is 16.2 Å². The molecule has 0 atom stereocenters. The maximum absolute atomic E-state index is 12.4. The SMILES string of the molecule is O=C(Nc1cccc(Cl)c1)c1ccc(SN2CCCc3ccccc32)cc1. The number of rotatable bonds is 4. The average Bonchev–Trinajstić information content (AvgIpc) is 2.69. The molecule has 0 unspecified atom stereocenters. The van der Waals surface area contributed by atoms with Crippen molar-refractivity contribution in [2.24, 2.45) is 0 Å². The highest BCUT2D eigenvalue weighted by molar-refractivity contribution is 8.00. The van der Waals surface area contributed by atoms with E-state index in [9.17, 15) is 4.79 Å². The second-order valence-electron chi connectivity index (χ2n) is 6.41. The predicted octanol–water partition coefficient (Wildman–Crippen LogP) is 6.05. The maximum atomic E-state index is 12.4. The Labute approximate surface area is 168 Å². The number of hydrogen-bond acceptors (Lipinski definition) is 3. The Morgan fingerprint density at radius 3 is 2.63 bits per heavy atom. The van der Waals surface area contributed by atoms with E-state index in [1.54, 1.807) is 24.1 Å². The maximum Gasteiger partial charge on any atom is 0.255 e. The minimum atomic E-state index is -0.142. The van der Waals surface area contributed by atoms with Crippen molar-refractivity contribution < 1.29 is 4.79 Å². The number of halogens is 1. The Morgan fingerprint density at radius 2 is 1.81 bits per heavy atom. The first-order valence-corrected chi connectivity index (χ1v) is 10.0. The molecule has 0 saturated heterocycles. The number of nitrogens with one attached hydrogen (secondary N) is 1. The van der Waals surface area contributed by atoms with E-state index in [-0.39, 0.29) is 5.91 Å². The van der Waals surface area contributed by atoms with Crippen molar-refractivity contribution >= 4 is 40.8 Å². The van der Waals surface area contributed by atoms with Gasteiger partial charge >= 0.3 is 0 Å². The van der Waals surface area contributed by atoms with Gasteiger partial charge in [0.2, 0.25) is 0 Å². The summed E-state index contributed by atoms with van der Waals surface area (Å²) in [5.41, 5.74) is 4.00. The molecule has 1 amide bonds. The second-order valence-corrected chi connectivity index (χ2v) is 7.95. The van der Waals surface area contributed by atoms with Crippen LogP contribution in [0.25, 0.3) is 0 Å². The summed E-state index contributed by atoms with van der Waals surface area (Å²) in [6.45, 7) is 1.03. The minimum Gasteiger partial charge on any atom is -0.322 e. The monoisotopic (exact) mass is 394 g/mol. The van der Waals surface area contributed by atoms with Crippen LogP contribution >= 0.6 is 23.5 Å². The van der Waals surface area contributed by atoms with Gasteiger partial charge in [-0.1, -0.05) is 35.9 Å². The normalized spacial score (nSPS) is 13.1. The molecule has 0 fully saturated rings. The molecule has 0 saturated carbocycles. The van der Waals surface area contributed by atoms with Crippen LogP contribution in [0.2, 0.25) is 5.02 Å². The van der Waals surface area contributed by atoms with Gasteiger partial charge in [0.25, 0.3) is 5.91 Å². The molecule has 0 spiro atoms. The number of carbonyl (C=O) groups is 1. The van der Waals surface area contributed by atoms with E-state index >= 15 is 0 Å². The Morgan fingerprint density at radius 1 is 1.00 bits per heavy atom. The number of aryl methyl sites for hydroxylation is 1. The zero-order valence-corrected chi connectivity index (χ0v) is 16.3. The van der Waals surface area contributed by atoms with Crippen molar-refractivity contribution in [3.63, 3.8) is 0 Å². The van der Waals surface area contributed by atoms with Gasteiger partial charge in [-0.15, -0.1) is 0 Å². The lowest BCUT2D eigenvalue weighted by atomic mass is 10.0. The summed E-state index contributed by atoms with van der Waals surface area (Å²) in [7, 11) is 0. The molecule has 1 N–H and O–H groups in total. The fraction of sp³-hybridized carbons (Fsp3) is 0.136. The fourth-order valence-electron chi connectivity index (χ4n) is 3.16. The molecule has 0 bridgehead atoms. The Bertz CT molecular complexity index is 959. The third-order valence-electron chi connectivity index (χ3n) is 4.48. The number of amides is 1. The van der Waals surface area contributed by atoms with Crippen LogP contribution in [0.4, 0.5) is 11.4 Å². The second kappa shape index (κ2) is 8.07. The average molecular weight is 395 g/mol. The van der Waals surface area contributed by atoms with Crippen LogP contribution in [0, 0.1) is 0 Å². The van der Waals surface area contributed by atoms with Crippen LogP contribution in [0.5, 0.6) is 0 Å². The molecule has 3 nitrogen and oxygen atoms in total. The first kappa shape index (κ1) is 18.0. The number of carbonyl (C=O) groups excluding carboxylic acids is 1. The van der Waals surface area contributed by atoms with Gasteiger partial charge in [0, 0.05) is 27.7 Å². The smallest absolute Gasteiger partial charge is 0.255 e. The highest BCUT2D eigenvalue weighted by Gasteiger charge is 2.17. The largest absolute Gasteiger partial charge is 0.322 e. The number of fused-ring (bicyclic) bond motifs is 1. The highest BCUT2D eigenvalue weighted by atomic mass is 35.5. The zero-order chi connectivity index (χ0) is 18.6. The lowest BCUT2D eigenvalue weighted by Crippen LogP contribution is -2.22. The third-order valence-corrected chi connectivity index (χ3v) is 5.80. The van der Waals surface area contributed by atoms with Crippen molar-refractivity contribution in [3.05, 3.63) is 88.9 Å². The Hall–Kier alpha value is -2.43. The van der Waals surface area contributed by atoms with E-state index in [0.29, 0.717) is 16.3 Å². The Kier molecular flexibility index (Phi) is 5.37. The van der Waals surface area contributed by atoms with Crippen LogP contribution in [-0.2, 0) is 6.42 Å². The summed E-state index contributed by atoms with van der Waals surface area (Å²) in [5.74, 6) is -0.142. The van der Waals surface area contributed by atoms with Crippen LogP contribution in [0.1, 0.15) is 22.3 Å². The van der Waals surface area contributed by atoms with E-state index in [1.165, 1.54) is 11.3 Å². The van der Waals surface area contributed by atoms with E-state index in [0.717, 1.165) is 24.3 Å². The van der Waals surface area contributed by atoms with Crippen LogP contribution < -0.4 is 9.62 Å². The van der Waals surface area contributed by atoms with Gasteiger partial charge in [0.05, 0.1) is 5.69 Å². The van der Waals surface area contributed by atoms with Crippen LogP contribution in [-0.4, -0.2) is 12.5 Å². The molecular formula is C22H19ClN2OS. The first-order valence-electron chi connectivity index (χ1n) is 8.89. The third kappa shape index (κ3) is 4.29. The van der Waals surface area contributed by atoms with Crippen molar-refractivity contribution in [3.8, 4) is 0 Å². The summed E-state index contributed by atoms with van der Waals surface area (Å²) in [5, 5.41) is 3.47. The van der Waals surface area contributed by atoms with Gasteiger partial charge in [-0.3, -0.25) is 4.79 Å². The van der Waals surface area contributed by atoms with E-state index < -0.39 is 0 Å². The van der Waals surface area contributed by atoms with E-state index in [4.69, 9.17) is 11.6 Å². The molecule has 5 heteroatoms. The van der Waals surface area contributed by atoms with Gasteiger partial charge in [-0.25, -0.2) is 0 Å². The highest BCUT2D eigenvalue weighted by Crippen LogP contribution is 2.35. The van der Waals surface area contributed by atoms with Gasteiger partial charge in [0.15, 0.2) is 0 Å². The van der Waals surface area contributed by atoms with Crippen molar-refractivity contribution in [1.29, 1.82) is 0 Å². The molecule has 3 aromatic carbocycles. The standard InChI is InChI=1S/C22H19ClN2OS/c23-18-7-3-8-19(15-18)24-22(26)17-10-12-20(13-11-17)27-25-14-4-6-16-5-1-2-9-21(16)25/h1-3,5,7-13,15H,4,6,14H2,(H,24,26). The molecule has 0 radical (unpaired) electrons. The summed E-state index contributed by atoms with van der Waals surface area (Å²) in [4.78, 5) is 13.5. The van der Waals surface area contributed by atoms with Gasteiger partial charge in [-0.2, -0.15) is 0 Å². The Balaban J connectivity index is 1.44. The van der Waals surface area contributed by atoms with Crippen molar-refractivity contribution in [2.45, 2.75) is 17.7 Å². The summed E-state index contributed by atoms with van der Waals surface area (Å²) in [6.07, 6.45) is 2.29. The molecule has 1 aliphatic heterocycles. The molecule has 27 heavy (non-hydrogen) atoms.